The minimum Gasteiger partial charge on any atom is -0.374 e. The molecule has 0 bridgehead atoms. The van der Waals surface area contributed by atoms with Crippen LogP contribution in [0.4, 0.5) is 0 Å². The average molecular weight is 397 g/mol. The minimum atomic E-state index is -3.90. The standard InChI is InChI=1S/C14H21ClN2O5S2/c1-17-5-6-22-13(9-17)8-16-24(20,21)14-7-12(15)4-3-11(14)10-23(2,18)19/h3-4,7,13,16H,5-6,8-10H2,1-2H3. The van der Waals surface area contributed by atoms with E-state index in [-0.39, 0.29) is 33.9 Å². The number of ether oxygens (including phenoxy) is 1. The highest BCUT2D eigenvalue weighted by Gasteiger charge is 2.24. The molecule has 0 saturated carbocycles. The highest BCUT2D eigenvalue weighted by Crippen LogP contribution is 2.22. The second kappa shape index (κ2) is 7.67. The Balaban J connectivity index is 2.20. The summed E-state index contributed by atoms with van der Waals surface area (Å²) in [4.78, 5) is 1.93. The number of sulfonamides is 1. The normalized spacial score (nSPS) is 20.2. The molecule has 7 nitrogen and oxygen atoms in total. The molecular weight excluding hydrogens is 376 g/mol. The summed E-state index contributed by atoms with van der Waals surface area (Å²) in [5.74, 6) is -0.372. The Morgan fingerprint density at radius 1 is 1.33 bits per heavy atom. The lowest BCUT2D eigenvalue weighted by Crippen LogP contribution is -2.46. The van der Waals surface area contributed by atoms with Gasteiger partial charge in [0, 0.05) is 30.9 Å². The fourth-order valence-corrected chi connectivity index (χ4v) is 4.92. The number of likely N-dealkylation sites (N-methyl/N-ethyl adjacent to an activating group) is 1. The van der Waals surface area contributed by atoms with E-state index in [4.69, 9.17) is 16.3 Å². The second-order valence-electron chi connectivity index (χ2n) is 5.93. The predicted molar refractivity (Wildman–Crippen MR) is 92.4 cm³/mol. The van der Waals surface area contributed by atoms with Gasteiger partial charge in [-0.05, 0) is 24.7 Å². The van der Waals surface area contributed by atoms with Crippen molar-refractivity contribution in [3.63, 3.8) is 0 Å². The van der Waals surface area contributed by atoms with Crippen molar-refractivity contribution >= 4 is 31.5 Å². The van der Waals surface area contributed by atoms with Gasteiger partial charge in [-0.25, -0.2) is 21.6 Å². The lowest BCUT2D eigenvalue weighted by atomic mass is 10.2. The zero-order valence-corrected chi connectivity index (χ0v) is 15.9. The molecule has 1 atom stereocenters. The summed E-state index contributed by atoms with van der Waals surface area (Å²) in [6, 6.07) is 4.15. The van der Waals surface area contributed by atoms with Gasteiger partial charge in [0.25, 0.3) is 0 Å². The first-order valence-electron chi connectivity index (χ1n) is 7.33. The van der Waals surface area contributed by atoms with Gasteiger partial charge in [-0.1, -0.05) is 17.7 Å². The number of nitrogens with one attached hydrogen (secondary N) is 1. The largest absolute Gasteiger partial charge is 0.374 e. The molecule has 1 unspecified atom stereocenters. The van der Waals surface area contributed by atoms with Crippen LogP contribution in [0.5, 0.6) is 0 Å². The average Bonchev–Trinajstić information content (AvgIpc) is 2.46. The van der Waals surface area contributed by atoms with E-state index >= 15 is 0 Å². The zero-order chi connectivity index (χ0) is 18.0. The smallest absolute Gasteiger partial charge is 0.241 e. The highest BCUT2D eigenvalue weighted by atomic mass is 35.5. The second-order valence-corrected chi connectivity index (χ2v) is 10.2. The Morgan fingerprint density at radius 3 is 2.67 bits per heavy atom. The molecule has 1 heterocycles. The molecule has 1 N–H and O–H groups in total. The van der Waals surface area contributed by atoms with Crippen LogP contribution >= 0.6 is 11.6 Å². The van der Waals surface area contributed by atoms with E-state index in [1.54, 1.807) is 0 Å². The van der Waals surface area contributed by atoms with Crippen molar-refractivity contribution in [2.24, 2.45) is 0 Å². The number of hydrogen-bond donors (Lipinski definition) is 1. The summed E-state index contributed by atoms with van der Waals surface area (Å²) < 4.78 is 56.2. The number of hydrogen-bond acceptors (Lipinski definition) is 6. The first-order valence-corrected chi connectivity index (χ1v) is 11.2. The fraction of sp³-hybridized carbons (Fsp3) is 0.571. The number of rotatable bonds is 6. The Bertz CT molecular complexity index is 795. The van der Waals surface area contributed by atoms with Gasteiger partial charge in [0.2, 0.25) is 10.0 Å². The van der Waals surface area contributed by atoms with Crippen molar-refractivity contribution in [3.8, 4) is 0 Å². The van der Waals surface area contributed by atoms with Crippen molar-refractivity contribution in [3.05, 3.63) is 28.8 Å². The van der Waals surface area contributed by atoms with Crippen molar-refractivity contribution in [2.45, 2.75) is 16.8 Å². The third kappa shape index (κ3) is 5.68. The van der Waals surface area contributed by atoms with Crippen molar-refractivity contribution < 1.29 is 21.6 Å². The number of benzene rings is 1. The van der Waals surface area contributed by atoms with Crippen LogP contribution in [-0.2, 0) is 30.4 Å². The summed E-state index contributed by atoms with van der Waals surface area (Å²) in [5, 5.41) is 0.223. The lowest BCUT2D eigenvalue weighted by Gasteiger charge is -2.30. The van der Waals surface area contributed by atoms with E-state index in [9.17, 15) is 16.8 Å². The topological polar surface area (TPSA) is 92.8 Å². The van der Waals surface area contributed by atoms with Gasteiger partial charge in [0.05, 0.1) is 23.4 Å². The summed E-state index contributed by atoms with van der Waals surface area (Å²) in [5.41, 5.74) is 0.191. The maximum atomic E-state index is 12.6. The van der Waals surface area contributed by atoms with Crippen LogP contribution in [0.25, 0.3) is 0 Å². The number of morpholine rings is 1. The van der Waals surface area contributed by atoms with E-state index < -0.39 is 19.9 Å². The molecule has 0 spiro atoms. The van der Waals surface area contributed by atoms with Crippen LogP contribution in [0.1, 0.15) is 5.56 Å². The molecule has 1 saturated heterocycles. The van der Waals surface area contributed by atoms with Crippen molar-refractivity contribution in [1.29, 1.82) is 0 Å². The summed E-state index contributed by atoms with van der Waals surface area (Å²) >= 11 is 5.89. The predicted octanol–water partition coefficient (Wildman–Crippen LogP) is 0.493. The summed E-state index contributed by atoms with van der Waals surface area (Å²) in [7, 11) is -5.35. The third-order valence-electron chi connectivity index (χ3n) is 3.58. The molecule has 0 radical (unpaired) electrons. The van der Waals surface area contributed by atoms with Gasteiger partial charge >= 0.3 is 0 Å². The first kappa shape index (κ1) is 19.6. The van der Waals surface area contributed by atoms with Crippen LogP contribution in [0.3, 0.4) is 0 Å². The quantitative estimate of drug-likeness (QED) is 0.752. The monoisotopic (exact) mass is 396 g/mol. The van der Waals surface area contributed by atoms with Crippen LogP contribution in [0, 0.1) is 0 Å². The van der Waals surface area contributed by atoms with Crippen molar-refractivity contribution in [1.82, 2.24) is 9.62 Å². The van der Waals surface area contributed by atoms with Crippen LogP contribution < -0.4 is 4.72 Å². The van der Waals surface area contributed by atoms with Crippen LogP contribution in [-0.4, -0.2) is 67.4 Å². The third-order valence-corrected chi connectivity index (χ3v) is 6.16. The molecule has 1 fully saturated rings. The van der Waals surface area contributed by atoms with Gasteiger partial charge in [0.1, 0.15) is 0 Å². The van der Waals surface area contributed by atoms with Gasteiger partial charge in [0.15, 0.2) is 9.84 Å². The lowest BCUT2D eigenvalue weighted by molar-refractivity contribution is -0.0156. The van der Waals surface area contributed by atoms with Gasteiger partial charge in [-0.15, -0.1) is 0 Å². The maximum Gasteiger partial charge on any atom is 0.241 e. The molecule has 0 aliphatic carbocycles. The van der Waals surface area contributed by atoms with E-state index in [1.807, 2.05) is 7.05 Å². The minimum absolute atomic E-state index is 0.109. The Hall–Kier alpha value is -0.710. The summed E-state index contributed by atoms with van der Waals surface area (Å²) in [6.07, 6.45) is 0.799. The molecule has 136 valence electrons. The van der Waals surface area contributed by atoms with Gasteiger partial charge < -0.3 is 9.64 Å². The number of nitrogens with zero attached hydrogens (tertiary/aromatic N) is 1. The fourth-order valence-electron chi connectivity index (χ4n) is 2.45. The summed E-state index contributed by atoms with van der Waals surface area (Å²) in [6.45, 7) is 2.07. The Kier molecular flexibility index (Phi) is 6.27. The zero-order valence-electron chi connectivity index (χ0n) is 13.5. The van der Waals surface area contributed by atoms with E-state index in [2.05, 4.69) is 9.62 Å². The highest BCUT2D eigenvalue weighted by molar-refractivity contribution is 7.90. The molecule has 1 aliphatic heterocycles. The molecule has 24 heavy (non-hydrogen) atoms. The number of sulfone groups is 1. The van der Waals surface area contributed by atoms with Crippen LogP contribution in [0.2, 0.25) is 5.02 Å². The molecule has 1 aliphatic rings. The van der Waals surface area contributed by atoms with Crippen molar-refractivity contribution in [2.75, 3.05) is 39.5 Å². The Labute approximate surface area is 147 Å². The molecular formula is C14H21ClN2O5S2. The first-order chi connectivity index (χ1) is 11.1. The molecule has 0 amide bonds. The molecule has 1 aromatic rings. The molecule has 10 heteroatoms. The van der Waals surface area contributed by atoms with E-state index in [0.29, 0.717) is 13.2 Å². The van der Waals surface area contributed by atoms with E-state index in [0.717, 1.165) is 12.8 Å². The van der Waals surface area contributed by atoms with Gasteiger partial charge in [-0.3, -0.25) is 0 Å². The SMILES string of the molecule is CN1CCOC(CNS(=O)(=O)c2cc(Cl)ccc2CS(C)(=O)=O)C1. The van der Waals surface area contributed by atoms with Gasteiger partial charge in [-0.2, -0.15) is 0 Å². The molecule has 0 aromatic heterocycles. The number of halogens is 1. The maximum absolute atomic E-state index is 12.6. The Morgan fingerprint density at radius 2 is 2.04 bits per heavy atom. The van der Waals surface area contributed by atoms with Crippen LogP contribution in [0.15, 0.2) is 23.1 Å². The van der Waals surface area contributed by atoms with E-state index in [1.165, 1.54) is 18.2 Å². The molecule has 1 aromatic carbocycles. The molecule has 2 rings (SSSR count).